The molecule has 0 aliphatic heterocycles. The second kappa shape index (κ2) is 9.21. The van der Waals surface area contributed by atoms with Crippen molar-refractivity contribution in [1.82, 2.24) is 5.32 Å². The fourth-order valence-electron chi connectivity index (χ4n) is 3.28. The van der Waals surface area contributed by atoms with Gasteiger partial charge in [-0.25, -0.2) is 0 Å². The molecule has 2 N–H and O–H groups in total. The zero-order chi connectivity index (χ0) is 19.1. The van der Waals surface area contributed by atoms with Crippen LogP contribution in [0.15, 0.2) is 48.5 Å². The Kier molecular flexibility index (Phi) is 6.47. The second-order valence-corrected chi connectivity index (χ2v) is 6.98. The van der Waals surface area contributed by atoms with E-state index in [0.29, 0.717) is 11.3 Å². The van der Waals surface area contributed by atoms with Crippen LogP contribution in [0.5, 0.6) is 5.75 Å². The largest absolute Gasteiger partial charge is 0.484 e. The highest BCUT2D eigenvalue weighted by Crippen LogP contribution is 2.18. The standard InChI is InChI=1S/C22H26N2O3/c1-16-7-5-6-10-20(16)24-22(26)17-11-13-19(14-12-17)27-15-21(25)23-18-8-3-2-4-9-18/h5-7,10-14,18H,2-4,8-9,15H2,1H3,(H,23,25)(H,24,26). The number of ether oxygens (including phenoxy) is 1. The van der Waals surface area contributed by atoms with E-state index in [-0.39, 0.29) is 24.5 Å². The van der Waals surface area contributed by atoms with Crippen LogP contribution in [0.3, 0.4) is 0 Å². The van der Waals surface area contributed by atoms with Gasteiger partial charge < -0.3 is 15.4 Å². The molecular weight excluding hydrogens is 340 g/mol. The Morgan fingerprint density at radius 1 is 1.00 bits per heavy atom. The van der Waals surface area contributed by atoms with Crippen molar-refractivity contribution in [1.29, 1.82) is 0 Å². The molecule has 142 valence electrons. The summed E-state index contributed by atoms with van der Waals surface area (Å²) in [5.41, 5.74) is 2.34. The van der Waals surface area contributed by atoms with E-state index >= 15 is 0 Å². The molecule has 0 atom stereocenters. The first-order valence-electron chi connectivity index (χ1n) is 9.51. The van der Waals surface area contributed by atoms with Crippen LogP contribution in [0.1, 0.15) is 48.0 Å². The van der Waals surface area contributed by atoms with Crippen molar-refractivity contribution in [2.24, 2.45) is 0 Å². The number of carbonyl (C=O) groups is 2. The molecule has 0 heterocycles. The van der Waals surface area contributed by atoms with Crippen LogP contribution in [0.4, 0.5) is 5.69 Å². The van der Waals surface area contributed by atoms with Gasteiger partial charge in [-0.1, -0.05) is 37.5 Å². The van der Waals surface area contributed by atoms with E-state index in [1.807, 2.05) is 31.2 Å². The Morgan fingerprint density at radius 3 is 2.41 bits per heavy atom. The summed E-state index contributed by atoms with van der Waals surface area (Å²) in [4.78, 5) is 24.3. The Labute approximate surface area is 160 Å². The highest BCUT2D eigenvalue weighted by Gasteiger charge is 2.16. The van der Waals surface area contributed by atoms with Gasteiger partial charge in [-0.3, -0.25) is 9.59 Å². The molecule has 2 amide bonds. The van der Waals surface area contributed by atoms with E-state index in [0.717, 1.165) is 24.1 Å². The Hall–Kier alpha value is -2.82. The molecule has 5 heteroatoms. The van der Waals surface area contributed by atoms with Crippen LogP contribution >= 0.6 is 0 Å². The van der Waals surface area contributed by atoms with Crippen molar-refractivity contribution in [2.45, 2.75) is 45.1 Å². The van der Waals surface area contributed by atoms with Gasteiger partial charge in [0.2, 0.25) is 0 Å². The van der Waals surface area contributed by atoms with E-state index in [2.05, 4.69) is 10.6 Å². The van der Waals surface area contributed by atoms with Crippen molar-refractivity contribution in [3.8, 4) is 5.75 Å². The van der Waals surface area contributed by atoms with E-state index < -0.39 is 0 Å². The lowest BCUT2D eigenvalue weighted by atomic mass is 9.95. The number of hydrogen-bond donors (Lipinski definition) is 2. The maximum atomic E-state index is 12.3. The quantitative estimate of drug-likeness (QED) is 0.810. The van der Waals surface area contributed by atoms with Crippen LogP contribution in [0, 0.1) is 6.92 Å². The molecule has 0 unspecified atom stereocenters. The highest BCUT2D eigenvalue weighted by atomic mass is 16.5. The van der Waals surface area contributed by atoms with E-state index in [4.69, 9.17) is 4.74 Å². The summed E-state index contributed by atoms with van der Waals surface area (Å²) >= 11 is 0. The monoisotopic (exact) mass is 366 g/mol. The molecule has 0 aromatic heterocycles. The number of para-hydroxylation sites is 1. The van der Waals surface area contributed by atoms with Crippen molar-refractivity contribution in [3.63, 3.8) is 0 Å². The number of rotatable bonds is 6. The summed E-state index contributed by atoms with van der Waals surface area (Å²) in [6.07, 6.45) is 5.72. The smallest absolute Gasteiger partial charge is 0.258 e. The Bertz CT molecular complexity index is 780. The molecule has 2 aromatic carbocycles. The SMILES string of the molecule is Cc1ccccc1NC(=O)c1ccc(OCC(=O)NC2CCCCC2)cc1. The van der Waals surface area contributed by atoms with Gasteiger partial charge in [0.05, 0.1) is 0 Å². The third-order valence-corrected chi connectivity index (χ3v) is 4.85. The van der Waals surface area contributed by atoms with Crippen molar-refractivity contribution in [3.05, 3.63) is 59.7 Å². The van der Waals surface area contributed by atoms with Crippen molar-refractivity contribution >= 4 is 17.5 Å². The summed E-state index contributed by atoms with van der Waals surface area (Å²) < 4.78 is 5.54. The molecule has 3 rings (SSSR count). The van der Waals surface area contributed by atoms with Crippen LogP contribution in [0.25, 0.3) is 0 Å². The number of hydrogen-bond acceptors (Lipinski definition) is 3. The molecule has 5 nitrogen and oxygen atoms in total. The number of anilines is 1. The molecule has 0 radical (unpaired) electrons. The van der Waals surface area contributed by atoms with Gasteiger partial charge in [0.15, 0.2) is 6.61 Å². The summed E-state index contributed by atoms with van der Waals surface area (Å²) in [6, 6.07) is 14.7. The number of aryl methyl sites for hydroxylation is 1. The number of carbonyl (C=O) groups excluding carboxylic acids is 2. The number of nitrogens with one attached hydrogen (secondary N) is 2. The minimum Gasteiger partial charge on any atom is -0.484 e. The summed E-state index contributed by atoms with van der Waals surface area (Å²) in [5, 5.41) is 5.92. The molecule has 2 aromatic rings. The molecule has 0 bridgehead atoms. The van der Waals surface area contributed by atoms with Crippen molar-refractivity contribution in [2.75, 3.05) is 11.9 Å². The summed E-state index contributed by atoms with van der Waals surface area (Å²) in [6.45, 7) is 1.94. The molecule has 27 heavy (non-hydrogen) atoms. The fourth-order valence-corrected chi connectivity index (χ4v) is 3.28. The fraction of sp³-hybridized carbons (Fsp3) is 0.364. The lowest BCUT2D eigenvalue weighted by Gasteiger charge is -2.22. The van der Waals surface area contributed by atoms with E-state index in [1.165, 1.54) is 19.3 Å². The molecule has 0 saturated heterocycles. The van der Waals surface area contributed by atoms with Crippen LogP contribution < -0.4 is 15.4 Å². The lowest BCUT2D eigenvalue weighted by molar-refractivity contribution is -0.124. The van der Waals surface area contributed by atoms with Crippen LogP contribution in [-0.4, -0.2) is 24.5 Å². The summed E-state index contributed by atoms with van der Waals surface area (Å²) in [5.74, 6) is 0.301. The van der Waals surface area contributed by atoms with Gasteiger partial charge in [-0.2, -0.15) is 0 Å². The average Bonchev–Trinajstić information content (AvgIpc) is 2.69. The normalized spacial score (nSPS) is 14.4. The van der Waals surface area contributed by atoms with Gasteiger partial charge >= 0.3 is 0 Å². The van der Waals surface area contributed by atoms with Crippen LogP contribution in [0.2, 0.25) is 0 Å². The molecule has 0 spiro atoms. The van der Waals surface area contributed by atoms with E-state index in [9.17, 15) is 9.59 Å². The van der Waals surface area contributed by atoms with Crippen molar-refractivity contribution < 1.29 is 14.3 Å². The minimum atomic E-state index is -0.175. The van der Waals surface area contributed by atoms with Gasteiger partial charge in [0.1, 0.15) is 5.75 Å². The molecular formula is C22H26N2O3. The zero-order valence-electron chi connectivity index (χ0n) is 15.7. The molecule has 1 fully saturated rings. The Morgan fingerprint density at radius 2 is 1.70 bits per heavy atom. The first-order valence-corrected chi connectivity index (χ1v) is 9.51. The maximum absolute atomic E-state index is 12.3. The maximum Gasteiger partial charge on any atom is 0.258 e. The van der Waals surface area contributed by atoms with Gasteiger partial charge in [0, 0.05) is 17.3 Å². The molecule has 1 aliphatic rings. The highest BCUT2D eigenvalue weighted by molar-refractivity contribution is 6.04. The van der Waals surface area contributed by atoms with Gasteiger partial charge in [-0.15, -0.1) is 0 Å². The predicted molar refractivity (Wildman–Crippen MR) is 106 cm³/mol. The molecule has 1 aliphatic carbocycles. The lowest BCUT2D eigenvalue weighted by Crippen LogP contribution is -2.38. The van der Waals surface area contributed by atoms with Crippen LogP contribution in [-0.2, 0) is 4.79 Å². The average molecular weight is 366 g/mol. The van der Waals surface area contributed by atoms with Gasteiger partial charge in [-0.05, 0) is 55.7 Å². The van der Waals surface area contributed by atoms with Gasteiger partial charge in [0.25, 0.3) is 11.8 Å². The Balaban J connectivity index is 1.48. The molecule has 1 saturated carbocycles. The topological polar surface area (TPSA) is 67.4 Å². The number of amides is 2. The first-order chi connectivity index (χ1) is 13.1. The second-order valence-electron chi connectivity index (χ2n) is 6.98. The summed E-state index contributed by atoms with van der Waals surface area (Å²) in [7, 11) is 0. The number of benzene rings is 2. The third-order valence-electron chi connectivity index (χ3n) is 4.85. The third kappa shape index (κ3) is 5.58. The predicted octanol–water partition coefficient (Wildman–Crippen LogP) is 4.08. The van der Waals surface area contributed by atoms with E-state index in [1.54, 1.807) is 24.3 Å². The first kappa shape index (κ1) is 19.0. The zero-order valence-corrected chi connectivity index (χ0v) is 15.7. The minimum absolute atomic E-state index is 0.00868.